The highest BCUT2D eigenvalue weighted by molar-refractivity contribution is 5.76. The van der Waals surface area contributed by atoms with Crippen LogP contribution in [0.5, 0.6) is 0 Å². The summed E-state index contributed by atoms with van der Waals surface area (Å²) in [5.41, 5.74) is 5.65. The second-order valence-corrected chi connectivity index (χ2v) is 5.24. The van der Waals surface area contributed by atoms with E-state index in [0.29, 0.717) is 19.5 Å². The maximum Gasteiger partial charge on any atom is 0.222 e. The molecule has 17 heavy (non-hydrogen) atoms. The Kier molecular flexibility index (Phi) is 4.69. The van der Waals surface area contributed by atoms with E-state index in [2.05, 4.69) is 31.2 Å². The number of hydrogen-bond donors (Lipinski definition) is 2. The van der Waals surface area contributed by atoms with Crippen LogP contribution in [0.2, 0.25) is 0 Å². The van der Waals surface area contributed by atoms with Crippen molar-refractivity contribution in [1.82, 2.24) is 15.1 Å². The summed E-state index contributed by atoms with van der Waals surface area (Å²) in [6, 6.07) is 1.85. The number of hydrogen-bond acceptors (Lipinski definition) is 3. The van der Waals surface area contributed by atoms with Crippen LogP contribution >= 0.6 is 0 Å². The van der Waals surface area contributed by atoms with Gasteiger partial charge in [-0.05, 0) is 11.5 Å². The molecule has 0 aromatic carbocycles. The van der Waals surface area contributed by atoms with Gasteiger partial charge < -0.3 is 11.1 Å². The summed E-state index contributed by atoms with van der Waals surface area (Å²) >= 11 is 0. The van der Waals surface area contributed by atoms with Crippen LogP contribution in [0.1, 0.15) is 27.2 Å². The number of nitrogens with zero attached hydrogens (tertiary/aromatic N) is 2. The molecule has 0 aliphatic carbocycles. The van der Waals surface area contributed by atoms with Gasteiger partial charge in [-0.2, -0.15) is 5.10 Å². The van der Waals surface area contributed by atoms with Crippen molar-refractivity contribution in [3.8, 4) is 0 Å². The van der Waals surface area contributed by atoms with E-state index in [0.717, 1.165) is 0 Å². The fraction of sp³-hybridized carbons (Fsp3) is 0.667. The van der Waals surface area contributed by atoms with Gasteiger partial charge in [-0.1, -0.05) is 20.8 Å². The van der Waals surface area contributed by atoms with Crippen molar-refractivity contribution in [2.75, 3.05) is 6.54 Å². The van der Waals surface area contributed by atoms with E-state index in [4.69, 9.17) is 5.73 Å². The zero-order chi connectivity index (χ0) is 12.9. The van der Waals surface area contributed by atoms with Crippen LogP contribution in [0.3, 0.4) is 0 Å². The van der Waals surface area contributed by atoms with Crippen LogP contribution in [-0.2, 0) is 11.3 Å². The molecule has 0 aliphatic heterocycles. The van der Waals surface area contributed by atoms with E-state index in [1.807, 2.05) is 12.3 Å². The van der Waals surface area contributed by atoms with Crippen molar-refractivity contribution in [1.29, 1.82) is 0 Å². The number of amides is 1. The highest BCUT2D eigenvalue weighted by atomic mass is 16.1. The third-order valence-corrected chi connectivity index (χ3v) is 2.74. The fourth-order valence-corrected chi connectivity index (χ4v) is 1.54. The van der Waals surface area contributed by atoms with Crippen molar-refractivity contribution in [2.45, 2.75) is 39.8 Å². The number of nitrogens with two attached hydrogens (primary N) is 1. The van der Waals surface area contributed by atoms with E-state index in [9.17, 15) is 4.79 Å². The lowest BCUT2D eigenvalue weighted by Gasteiger charge is -2.30. The number of aryl methyl sites for hydroxylation is 1. The van der Waals surface area contributed by atoms with Gasteiger partial charge in [0, 0.05) is 37.9 Å². The normalized spacial score (nSPS) is 13.4. The molecule has 1 rings (SSSR count). The van der Waals surface area contributed by atoms with Gasteiger partial charge in [0.2, 0.25) is 5.91 Å². The second kappa shape index (κ2) is 5.82. The van der Waals surface area contributed by atoms with E-state index in [1.54, 1.807) is 10.9 Å². The van der Waals surface area contributed by atoms with Gasteiger partial charge in [0.25, 0.3) is 0 Å². The Balaban J connectivity index is 2.38. The Morgan fingerprint density at radius 2 is 2.24 bits per heavy atom. The monoisotopic (exact) mass is 238 g/mol. The molecule has 0 saturated heterocycles. The first-order valence-electron chi connectivity index (χ1n) is 5.90. The molecule has 1 atom stereocenters. The summed E-state index contributed by atoms with van der Waals surface area (Å²) in [5.74, 6) is 0.0193. The summed E-state index contributed by atoms with van der Waals surface area (Å²) in [6.45, 7) is 7.26. The molecule has 1 aromatic rings. The molecule has 0 spiro atoms. The van der Waals surface area contributed by atoms with Crippen LogP contribution in [-0.4, -0.2) is 28.3 Å². The third-order valence-electron chi connectivity index (χ3n) is 2.74. The molecule has 0 radical (unpaired) electrons. The van der Waals surface area contributed by atoms with Crippen molar-refractivity contribution in [2.24, 2.45) is 11.1 Å². The Morgan fingerprint density at radius 3 is 2.71 bits per heavy atom. The minimum Gasteiger partial charge on any atom is -0.352 e. The van der Waals surface area contributed by atoms with Crippen LogP contribution < -0.4 is 11.1 Å². The predicted octanol–water partition coefficient (Wildman–Crippen LogP) is 0.763. The molecule has 0 bridgehead atoms. The molecule has 1 unspecified atom stereocenters. The average Bonchev–Trinajstić information content (AvgIpc) is 2.74. The highest BCUT2D eigenvalue weighted by Crippen LogP contribution is 2.18. The maximum atomic E-state index is 11.7. The van der Waals surface area contributed by atoms with E-state index < -0.39 is 0 Å². The molecule has 1 heterocycles. The van der Waals surface area contributed by atoms with Crippen LogP contribution in [0.15, 0.2) is 18.5 Å². The fourth-order valence-electron chi connectivity index (χ4n) is 1.54. The zero-order valence-corrected chi connectivity index (χ0v) is 10.8. The standard InChI is InChI=1S/C12H22N4O/c1-12(2,3)10(9-13)15-11(17)5-8-16-7-4-6-14-16/h4,6-7,10H,5,8-9,13H2,1-3H3,(H,15,17). The number of carbonyl (C=O) groups is 1. The van der Waals surface area contributed by atoms with Gasteiger partial charge in [0.05, 0.1) is 0 Å². The first kappa shape index (κ1) is 13.7. The summed E-state index contributed by atoms with van der Waals surface area (Å²) in [7, 11) is 0. The smallest absolute Gasteiger partial charge is 0.222 e. The first-order valence-corrected chi connectivity index (χ1v) is 5.90. The number of aromatic nitrogens is 2. The van der Waals surface area contributed by atoms with E-state index in [-0.39, 0.29) is 17.4 Å². The molecule has 96 valence electrons. The van der Waals surface area contributed by atoms with Crippen molar-refractivity contribution < 1.29 is 4.79 Å². The molecular weight excluding hydrogens is 216 g/mol. The topological polar surface area (TPSA) is 72.9 Å². The van der Waals surface area contributed by atoms with Crippen molar-refractivity contribution in [3.63, 3.8) is 0 Å². The van der Waals surface area contributed by atoms with Crippen molar-refractivity contribution in [3.05, 3.63) is 18.5 Å². The minimum atomic E-state index is -0.0177. The lowest BCUT2D eigenvalue weighted by atomic mass is 9.87. The van der Waals surface area contributed by atoms with Gasteiger partial charge in [-0.3, -0.25) is 9.48 Å². The highest BCUT2D eigenvalue weighted by Gasteiger charge is 2.24. The third kappa shape index (κ3) is 4.56. The largest absolute Gasteiger partial charge is 0.352 e. The van der Waals surface area contributed by atoms with E-state index in [1.165, 1.54) is 0 Å². The molecule has 0 fully saturated rings. The zero-order valence-electron chi connectivity index (χ0n) is 10.8. The molecule has 1 amide bonds. The summed E-state index contributed by atoms with van der Waals surface area (Å²) in [4.78, 5) is 11.7. The van der Waals surface area contributed by atoms with Gasteiger partial charge in [-0.25, -0.2) is 0 Å². The van der Waals surface area contributed by atoms with Gasteiger partial charge >= 0.3 is 0 Å². The quantitative estimate of drug-likeness (QED) is 0.795. The van der Waals surface area contributed by atoms with Gasteiger partial charge in [-0.15, -0.1) is 0 Å². The molecular formula is C12H22N4O. The Hall–Kier alpha value is -1.36. The van der Waals surface area contributed by atoms with Crippen LogP contribution in [0.4, 0.5) is 0 Å². The number of rotatable bonds is 5. The molecule has 1 aromatic heterocycles. The summed E-state index contributed by atoms with van der Waals surface area (Å²) < 4.78 is 1.74. The Labute approximate surface area is 102 Å². The SMILES string of the molecule is CC(C)(C)C(CN)NC(=O)CCn1cccn1. The first-order chi connectivity index (χ1) is 7.93. The molecule has 3 N–H and O–H groups in total. The Bertz CT molecular complexity index is 340. The molecule has 5 heteroatoms. The molecule has 0 aliphatic rings. The van der Waals surface area contributed by atoms with Crippen molar-refractivity contribution >= 4 is 5.91 Å². The lowest BCUT2D eigenvalue weighted by Crippen LogP contribution is -2.48. The molecule has 5 nitrogen and oxygen atoms in total. The maximum absolute atomic E-state index is 11.7. The number of nitrogens with one attached hydrogen (secondary N) is 1. The number of carbonyl (C=O) groups excluding carboxylic acids is 1. The van der Waals surface area contributed by atoms with Crippen LogP contribution in [0, 0.1) is 5.41 Å². The van der Waals surface area contributed by atoms with Gasteiger partial charge in [0.1, 0.15) is 0 Å². The molecule has 0 saturated carbocycles. The lowest BCUT2D eigenvalue weighted by molar-refractivity contribution is -0.122. The van der Waals surface area contributed by atoms with Crippen LogP contribution in [0.25, 0.3) is 0 Å². The average molecular weight is 238 g/mol. The van der Waals surface area contributed by atoms with E-state index >= 15 is 0 Å². The summed E-state index contributed by atoms with van der Waals surface area (Å²) in [6.07, 6.45) is 3.97. The van der Waals surface area contributed by atoms with Gasteiger partial charge in [0.15, 0.2) is 0 Å². The summed E-state index contributed by atoms with van der Waals surface area (Å²) in [5, 5.41) is 7.01. The Morgan fingerprint density at radius 1 is 1.53 bits per heavy atom. The predicted molar refractivity (Wildman–Crippen MR) is 67.3 cm³/mol. The minimum absolute atomic E-state index is 0.00706. The second-order valence-electron chi connectivity index (χ2n) is 5.24.